The smallest absolute Gasteiger partial charge is 0.333 e. The van der Waals surface area contributed by atoms with Crippen LogP contribution in [0.25, 0.3) is 0 Å². The number of rotatable bonds is 26. The van der Waals surface area contributed by atoms with Crippen LogP contribution in [0.15, 0.2) is 24.3 Å². The molecule has 0 spiro atoms. The number of carbonyl (C=O) groups is 11. The van der Waals surface area contributed by atoms with Gasteiger partial charge in [0.05, 0.1) is 13.2 Å². The number of methoxy groups -OCH3 is 1. The molecule has 10 amide bonds. The summed E-state index contributed by atoms with van der Waals surface area (Å²) >= 11 is 0. The van der Waals surface area contributed by atoms with Crippen molar-refractivity contribution in [2.75, 3.05) is 66.2 Å². The Morgan fingerprint density at radius 3 is 1.86 bits per heavy atom. The van der Waals surface area contributed by atoms with E-state index in [0.29, 0.717) is 24.5 Å². The van der Waals surface area contributed by atoms with Crippen molar-refractivity contribution in [2.24, 2.45) is 0 Å². The second-order valence-corrected chi connectivity index (χ2v) is 12.7. The SMILES string of the molecule is COCCOCC(=O)NCCCC[C@H](NC(=O)CCC(=O)N(CCN1C(=O)C=CC1=O)CCN1C(=O)C=CC1=O)C(=O)NCCCC(=O)ON1C(=O)CCC1=O. The number of carbonyl (C=O) groups excluding carboxylic acids is 11. The average molecular weight is 790 g/mol. The summed E-state index contributed by atoms with van der Waals surface area (Å²) in [5.74, 6) is -6.53. The second-order valence-electron chi connectivity index (χ2n) is 12.7. The molecule has 0 aromatic heterocycles. The molecule has 1 fully saturated rings. The summed E-state index contributed by atoms with van der Waals surface area (Å²) in [5, 5.41) is 8.34. The highest BCUT2D eigenvalue weighted by Crippen LogP contribution is 2.13. The molecule has 3 aliphatic heterocycles. The quantitative estimate of drug-likeness (QED) is 0.0599. The van der Waals surface area contributed by atoms with Crippen LogP contribution in [-0.4, -0.2) is 157 Å². The second kappa shape index (κ2) is 23.2. The van der Waals surface area contributed by atoms with Gasteiger partial charge in [-0.15, -0.1) is 5.06 Å². The van der Waals surface area contributed by atoms with Gasteiger partial charge in [-0.2, -0.15) is 0 Å². The fraction of sp³-hybridized carbons (Fsp3) is 0.571. The molecule has 0 aromatic carbocycles. The van der Waals surface area contributed by atoms with Gasteiger partial charge in [0.2, 0.25) is 23.6 Å². The number of hydrogen-bond acceptors (Lipinski definition) is 14. The highest BCUT2D eigenvalue weighted by atomic mass is 16.7. The molecule has 0 aliphatic carbocycles. The molecule has 3 heterocycles. The number of amides is 10. The minimum absolute atomic E-state index is 0.0240. The van der Waals surface area contributed by atoms with Gasteiger partial charge in [-0.3, -0.25) is 57.7 Å². The molecule has 56 heavy (non-hydrogen) atoms. The van der Waals surface area contributed by atoms with E-state index < -0.39 is 65.2 Å². The molecule has 0 bridgehead atoms. The number of nitrogens with zero attached hydrogens (tertiary/aromatic N) is 4. The molecule has 3 rings (SSSR count). The van der Waals surface area contributed by atoms with Crippen molar-refractivity contribution in [2.45, 2.75) is 63.8 Å². The fourth-order valence-electron chi connectivity index (χ4n) is 5.45. The third-order valence-corrected chi connectivity index (χ3v) is 8.52. The normalized spacial score (nSPS) is 15.6. The molecule has 0 aromatic rings. The monoisotopic (exact) mass is 789 g/mol. The van der Waals surface area contributed by atoms with Gasteiger partial charge in [0.25, 0.3) is 35.4 Å². The highest BCUT2D eigenvalue weighted by Gasteiger charge is 2.33. The summed E-state index contributed by atoms with van der Waals surface area (Å²) < 4.78 is 10.0. The largest absolute Gasteiger partial charge is 0.382 e. The van der Waals surface area contributed by atoms with Crippen LogP contribution < -0.4 is 16.0 Å². The van der Waals surface area contributed by atoms with Gasteiger partial charge < -0.3 is 35.2 Å². The van der Waals surface area contributed by atoms with Crippen LogP contribution in [0.2, 0.25) is 0 Å². The van der Waals surface area contributed by atoms with Crippen molar-refractivity contribution in [3.8, 4) is 0 Å². The van der Waals surface area contributed by atoms with E-state index in [-0.39, 0.29) is 103 Å². The lowest BCUT2D eigenvalue weighted by molar-refractivity contribution is -0.197. The molecular weight excluding hydrogens is 742 g/mol. The van der Waals surface area contributed by atoms with Gasteiger partial charge in [0, 0.05) is 103 Å². The Morgan fingerprint density at radius 2 is 1.29 bits per heavy atom. The van der Waals surface area contributed by atoms with Gasteiger partial charge in [-0.1, -0.05) is 0 Å². The molecule has 3 N–H and O–H groups in total. The third kappa shape index (κ3) is 14.8. The lowest BCUT2D eigenvalue weighted by atomic mass is 10.1. The van der Waals surface area contributed by atoms with Crippen molar-refractivity contribution < 1.29 is 67.1 Å². The summed E-state index contributed by atoms with van der Waals surface area (Å²) in [6.45, 7) is 0.0571. The lowest BCUT2D eigenvalue weighted by Gasteiger charge is -2.27. The van der Waals surface area contributed by atoms with Crippen molar-refractivity contribution >= 4 is 65.0 Å². The molecule has 21 heteroatoms. The molecule has 1 saturated heterocycles. The first-order valence-electron chi connectivity index (χ1n) is 18.1. The summed E-state index contributed by atoms with van der Waals surface area (Å²) in [4.78, 5) is 143. The summed E-state index contributed by atoms with van der Waals surface area (Å²) in [7, 11) is 1.50. The van der Waals surface area contributed by atoms with Crippen LogP contribution in [0.1, 0.15) is 57.8 Å². The van der Waals surface area contributed by atoms with Crippen molar-refractivity contribution in [1.82, 2.24) is 35.7 Å². The number of imide groups is 3. The first-order chi connectivity index (χ1) is 26.8. The van der Waals surface area contributed by atoms with E-state index in [1.165, 1.54) is 12.0 Å². The number of unbranched alkanes of at least 4 members (excludes halogenated alkanes) is 1. The van der Waals surface area contributed by atoms with E-state index in [9.17, 15) is 52.7 Å². The maximum atomic E-state index is 13.3. The molecule has 1 atom stereocenters. The summed E-state index contributed by atoms with van der Waals surface area (Å²) in [6, 6.07) is -1.08. The molecule has 21 nitrogen and oxygen atoms in total. The molecule has 306 valence electrons. The maximum absolute atomic E-state index is 13.3. The van der Waals surface area contributed by atoms with Gasteiger partial charge in [0.15, 0.2) is 0 Å². The Hall–Kier alpha value is -5.83. The van der Waals surface area contributed by atoms with Crippen LogP contribution in [0, 0.1) is 0 Å². The molecule has 3 aliphatic rings. The van der Waals surface area contributed by atoms with E-state index >= 15 is 0 Å². The van der Waals surface area contributed by atoms with E-state index in [1.807, 2.05) is 0 Å². The molecular formula is C35H47N7O14. The van der Waals surface area contributed by atoms with Crippen LogP contribution in [0.4, 0.5) is 0 Å². The van der Waals surface area contributed by atoms with E-state index in [4.69, 9.17) is 14.3 Å². The number of hydroxylamine groups is 2. The van der Waals surface area contributed by atoms with E-state index in [0.717, 1.165) is 34.1 Å². The van der Waals surface area contributed by atoms with E-state index in [2.05, 4.69) is 16.0 Å². The molecule has 0 unspecified atom stereocenters. The molecule has 0 saturated carbocycles. The summed E-state index contributed by atoms with van der Waals surface area (Å²) in [6.07, 6.45) is 4.32. The molecule has 0 radical (unpaired) electrons. The maximum Gasteiger partial charge on any atom is 0.333 e. The lowest BCUT2D eigenvalue weighted by Crippen LogP contribution is -2.47. The zero-order valence-electron chi connectivity index (χ0n) is 31.1. The third-order valence-electron chi connectivity index (χ3n) is 8.52. The average Bonchev–Trinajstić information content (AvgIpc) is 3.79. The minimum Gasteiger partial charge on any atom is -0.382 e. The van der Waals surface area contributed by atoms with Crippen LogP contribution in [-0.2, 0) is 67.1 Å². The Kier molecular flexibility index (Phi) is 18.4. The van der Waals surface area contributed by atoms with Crippen LogP contribution in [0.3, 0.4) is 0 Å². The summed E-state index contributed by atoms with van der Waals surface area (Å²) in [5.41, 5.74) is 0. The van der Waals surface area contributed by atoms with Gasteiger partial charge in [-0.25, -0.2) is 4.79 Å². The minimum atomic E-state index is -1.08. The Labute approximate surface area is 322 Å². The number of hydrogen-bond donors (Lipinski definition) is 3. The van der Waals surface area contributed by atoms with Crippen molar-refractivity contribution in [1.29, 1.82) is 0 Å². The number of nitrogens with one attached hydrogen (secondary N) is 3. The van der Waals surface area contributed by atoms with Gasteiger partial charge in [-0.05, 0) is 25.7 Å². The van der Waals surface area contributed by atoms with Crippen molar-refractivity contribution in [3.63, 3.8) is 0 Å². The van der Waals surface area contributed by atoms with Crippen LogP contribution >= 0.6 is 0 Å². The first kappa shape index (κ1) is 44.6. The number of ether oxygens (including phenoxy) is 2. The van der Waals surface area contributed by atoms with E-state index in [1.54, 1.807) is 0 Å². The van der Waals surface area contributed by atoms with Gasteiger partial charge in [0.1, 0.15) is 12.6 Å². The topological polar surface area (TPSA) is 265 Å². The Bertz CT molecular complexity index is 1500. The highest BCUT2D eigenvalue weighted by molar-refractivity contribution is 6.13. The predicted molar refractivity (Wildman–Crippen MR) is 188 cm³/mol. The van der Waals surface area contributed by atoms with Crippen molar-refractivity contribution in [3.05, 3.63) is 24.3 Å². The fourth-order valence-corrected chi connectivity index (χ4v) is 5.45. The Balaban J connectivity index is 1.53. The Morgan fingerprint density at radius 1 is 0.714 bits per heavy atom. The zero-order chi connectivity index (χ0) is 41.0. The predicted octanol–water partition coefficient (Wildman–Crippen LogP) is -2.62. The zero-order valence-corrected chi connectivity index (χ0v) is 31.1. The standard InChI is InChI=1S/C35H47N7O14/c1-54-21-22-55-23-26(44)36-15-3-2-5-24(35(53)37-16-4-6-34(52)56-42-32(50)13-14-33(42)51)38-25(43)7-8-27(45)39(17-19-40-28(46)9-10-29(40)47)18-20-41-30(48)11-12-31(41)49/h9-12,24H,2-8,13-23H2,1H3,(H,36,44)(H,37,53)(H,38,43)/t24-/m0/s1. The first-order valence-corrected chi connectivity index (χ1v) is 18.1. The van der Waals surface area contributed by atoms with Crippen LogP contribution in [0.5, 0.6) is 0 Å². The van der Waals surface area contributed by atoms with Gasteiger partial charge >= 0.3 is 5.97 Å².